The molecule has 0 fully saturated rings. The van der Waals surface area contributed by atoms with Crippen molar-refractivity contribution in [3.8, 4) is 0 Å². The second kappa shape index (κ2) is 6.53. The smallest absolute Gasteiger partial charge is 0.135 e. The van der Waals surface area contributed by atoms with Crippen molar-refractivity contribution in [2.45, 2.75) is 33.1 Å². The molecule has 0 radical (unpaired) electrons. The molecule has 2 rings (SSSR count). The Balaban J connectivity index is 2.06. The van der Waals surface area contributed by atoms with E-state index in [0.717, 1.165) is 17.9 Å². The van der Waals surface area contributed by atoms with Gasteiger partial charge in [0, 0.05) is 11.8 Å². The van der Waals surface area contributed by atoms with E-state index in [1.807, 2.05) is 6.92 Å². The maximum atomic E-state index is 5.91. The van der Waals surface area contributed by atoms with Crippen LogP contribution in [0.5, 0.6) is 0 Å². The number of benzene rings is 1. The van der Waals surface area contributed by atoms with Gasteiger partial charge in [0.2, 0.25) is 0 Å². The number of aryl methyl sites for hydroxylation is 2. The molecule has 1 aromatic carbocycles. The maximum Gasteiger partial charge on any atom is 0.135 e. The van der Waals surface area contributed by atoms with Crippen LogP contribution in [-0.2, 0) is 6.42 Å². The third-order valence-electron chi connectivity index (χ3n) is 2.85. The monoisotopic (exact) mass is 275 g/mol. The molecule has 2 aromatic rings. The minimum Gasteiger partial charge on any atom is -0.340 e. The van der Waals surface area contributed by atoms with E-state index in [4.69, 9.17) is 11.6 Å². The molecule has 1 aromatic heterocycles. The first kappa shape index (κ1) is 13.8. The van der Waals surface area contributed by atoms with Gasteiger partial charge in [-0.25, -0.2) is 9.97 Å². The van der Waals surface area contributed by atoms with Gasteiger partial charge in [0.25, 0.3) is 0 Å². The zero-order valence-electron chi connectivity index (χ0n) is 11.3. The van der Waals surface area contributed by atoms with E-state index in [-0.39, 0.29) is 0 Å². The average molecular weight is 276 g/mol. The topological polar surface area (TPSA) is 37.8 Å². The predicted molar refractivity (Wildman–Crippen MR) is 80.1 cm³/mol. The Hall–Kier alpha value is -1.61. The third kappa shape index (κ3) is 4.21. The molecule has 0 saturated heterocycles. The fraction of sp³-hybridized carbons (Fsp3) is 0.333. The Labute approximate surface area is 119 Å². The van der Waals surface area contributed by atoms with Crippen LogP contribution in [0, 0.1) is 6.92 Å². The van der Waals surface area contributed by atoms with Gasteiger partial charge in [-0.15, -0.1) is 0 Å². The van der Waals surface area contributed by atoms with Gasteiger partial charge in [-0.05, 0) is 37.5 Å². The summed E-state index contributed by atoms with van der Waals surface area (Å²) in [6.45, 7) is 4.03. The number of hydrogen-bond donors (Lipinski definition) is 1. The highest BCUT2D eigenvalue weighted by Gasteiger charge is 2.01. The number of halogens is 1. The molecule has 0 atom stereocenters. The van der Waals surface area contributed by atoms with E-state index in [2.05, 4.69) is 46.5 Å². The molecule has 1 heterocycles. The molecule has 0 unspecified atom stereocenters. The SMILES string of the molecule is CCCCc1ccc(Nc2cc(Cl)nc(C)n2)cc1. The highest BCUT2D eigenvalue weighted by Crippen LogP contribution is 2.18. The standard InChI is InChI=1S/C15H18ClN3/c1-3-4-5-12-6-8-13(9-7-12)19-15-10-14(16)17-11(2)18-15/h6-10H,3-5H2,1-2H3,(H,17,18,19). The molecule has 1 N–H and O–H groups in total. The lowest BCUT2D eigenvalue weighted by atomic mass is 10.1. The van der Waals surface area contributed by atoms with Gasteiger partial charge in [-0.1, -0.05) is 37.1 Å². The summed E-state index contributed by atoms with van der Waals surface area (Å²) in [5.41, 5.74) is 2.37. The molecular formula is C15H18ClN3. The third-order valence-corrected chi connectivity index (χ3v) is 3.05. The summed E-state index contributed by atoms with van der Waals surface area (Å²) in [6, 6.07) is 10.1. The van der Waals surface area contributed by atoms with Crippen LogP contribution in [0.4, 0.5) is 11.5 Å². The van der Waals surface area contributed by atoms with Crippen molar-refractivity contribution in [1.29, 1.82) is 0 Å². The van der Waals surface area contributed by atoms with E-state index in [1.165, 1.54) is 18.4 Å². The fourth-order valence-corrected chi connectivity index (χ4v) is 2.10. The predicted octanol–water partition coefficient (Wildman–Crippen LogP) is 4.52. The van der Waals surface area contributed by atoms with Crippen LogP contribution in [0.3, 0.4) is 0 Å². The van der Waals surface area contributed by atoms with E-state index >= 15 is 0 Å². The molecule has 0 aliphatic carbocycles. The molecule has 19 heavy (non-hydrogen) atoms. The van der Waals surface area contributed by atoms with Crippen molar-refractivity contribution in [2.24, 2.45) is 0 Å². The zero-order valence-corrected chi connectivity index (χ0v) is 12.0. The van der Waals surface area contributed by atoms with Gasteiger partial charge in [-0.3, -0.25) is 0 Å². The highest BCUT2D eigenvalue weighted by molar-refractivity contribution is 6.29. The Morgan fingerprint density at radius 1 is 1.16 bits per heavy atom. The van der Waals surface area contributed by atoms with E-state index in [0.29, 0.717) is 11.0 Å². The van der Waals surface area contributed by atoms with Crippen LogP contribution in [0.25, 0.3) is 0 Å². The normalized spacial score (nSPS) is 10.5. The molecule has 0 bridgehead atoms. The van der Waals surface area contributed by atoms with Crippen molar-refractivity contribution in [2.75, 3.05) is 5.32 Å². The van der Waals surface area contributed by atoms with Crippen LogP contribution in [-0.4, -0.2) is 9.97 Å². The van der Waals surface area contributed by atoms with Gasteiger partial charge in [0.15, 0.2) is 0 Å². The lowest BCUT2D eigenvalue weighted by molar-refractivity contribution is 0.795. The van der Waals surface area contributed by atoms with E-state index < -0.39 is 0 Å². The minimum absolute atomic E-state index is 0.453. The second-order valence-corrected chi connectivity index (χ2v) is 4.94. The molecule has 0 spiro atoms. The Kier molecular flexibility index (Phi) is 4.74. The Morgan fingerprint density at radius 3 is 2.53 bits per heavy atom. The molecule has 0 saturated carbocycles. The summed E-state index contributed by atoms with van der Waals surface area (Å²) in [4.78, 5) is 8.33. The molecule has 0 aliphatic heterocycles. The van der Waals surface area contributed by atoms with Gasteiger partial charge in [0.1, 0.15) is 16.8 Å². The van der Waals surface area contributed by atoms with Crippen LogP contribution in [0.2, 0.25) is 5.15 Å². The summed E-state index contributed by atoms with van der Waals surface area (Å²) >= 11 is 5.91. The van der Waals surface area contributed by atoms with Crippen LogP contribution >= 0.6 is 11.6 Å². The molecule has 4 heteroatoms. The first-order chi connectivity index (χ1) is 9.17. The van der Waals surface area contributed by atoms with E-state index in [9.17, 15) is 0 Å². The lowest BCUT2D eigenvalue weighted by Gasteiger charge is -2.07. The molecular weight excluding hydrogens is 258 g/mol. The van der Waals surface area contributed by atoms with Gasteiger partial charge in [-0.2, -0.15) is 0 Å². The number of nitrogens with zero attached hydrogens (tertiary/aromatic N) is 2. The second-order valence-electron chi connectivity index (χ2n) is 4.55. The molecule has 3 nitrogen and oxygen atoms in total. The number of aromatic nitrogens is 2. The number of rotatable bonds is 5. The first-order valence-corrected chi connectivity index (χ1v) is 6.92. The zero-order chi connectivity index (χ0) is 13.7. The largest absolute Gasteiger partial charge is 0.340 e. The van der Waals surface area contributed by atoms with Crippen LogP contribution in [0.15, 0.2) is 30.3 Å². The quantitative estimate of drug-likeness (QED) is 0.815. The number of anilines is 2. The number of nitrogens with one attached hydrogen (secondary N) is 1. The maximum absolute atomic E-state index is 5.91. The average Bonchev–Trinajstić information content (AvgIpc) is 2.37. The first-order valence-electron chi connectivity index (χ1n) is 6.54. The van der Waals surface area contributed by atoms with Gasteiger partial charge >= 0.3 is 0 Å². The molecule has 100 valence electrons. The fourth-order valence-electron chi connectivity index (χ4n) is 1.88. The van der Waals surface area contributed by atoms with Crippen molar-refractivity contribution < 1.29 is 0 Å². The van der Waals surface area contributed by atoms with Crippen molar-refractivity contribution in [3.05, 3.63) is 46.9 Å². The lowest BCUT2D eigenvalue weighted by Crippen LogP contribution is -1.97. The summed E-state index contributed by atoms with van der Waals surface area (Å²) in [6.07, 6.45) is 3.58. The van der Waals surface area contributed by atoms with Crippen molar-refractivity contribution >= 4 is 23.1 Å². The Bertz CT molecular complexity index is 517. The summed E-state index contributed by atoms with van der Waals surface area (Å²) in [5, 5.41) is 3.69. The van der Waals surface area contributed by atoms with Gasteiger partial charge < -0.3 is 5.32 Å². The summed E-state index contributed by atoms with van der Waals surface area (Å²) < 4.78 is 0. The molecule has 0 aliphatic rings. The number of hydrogen-bond acceptors (Lipinski definition) is 3. The minimum atomic E-state index is 0.453. The highest BCUT2D eigenvalue weighted by atomic mass is 35.5. The molecule has 0 amide bonds. The van der Waals surface area contributed by atoms with Crippen LogP contribution < -0.4 is 5.32 Å². The summed E-state index contributed by atoms with van der Waals surface area (Å²) in [5.74, 6) is 1.38. The number of unbranched alkanes of at least 4 members (excludes halogenated alkanes) is 1. The summed E-state index contributed by atoms with van der Waals surface area (Å²) in [7, 11) is 0. The van der Waals surface area contributed by atoms with Crippen molar-refractivity contribution in [3.63, 3.8) is 0 Å². The van der Waals surface area contributed by atoms with Gasteiger partial charge in [0.05, 0.1) is 0 Å². The van der Waals surface area contributed by atoms with E-state index in [1.54, 1.807) is 6.07 Å². The Morgan fingerprint density at radius 2 is 1.89 bits per heavy atom. The van der Waals surface area contributed by atoms with Crippen LogP contribution in [0.1, 0.15) is 31.2 Å². The van der Waals surface area contributed by atoms with Crippen molar-refractivity contribution in [1.82, 2.24) is 9.97 Å².